The predicted molar refractivity (Wildman–Crippen MR) is 169 cm³/mol. The molecule has 0 unspecified atom stereocenters. The van der Waals surface area contributed by atoms with Gasteiger partial charge in [0.15, 0.2) is 0 Å². The lowest BCUT2D eigenvalue weighted by Gasteiger charge is -2.38. The summed E-state index contributed by atoms with van der Waals surface area (Å²) >= 11 is 6.78. The lowest BCUT2D eigenvalue weighted by Crippen LogP contribution is -2.52. The van der Waals surface area contributed by atoms with E-state index in [-0.39, 0.29) is 24.9 Å². The standard InChI is InChI=1S/C32H40ClN7O3/c1-43-28-5-2-23(3-6-28)21-39-31(41)12-17-38(32(39)42)30-7-4-27(18-29(30)33)37-15-8-24(9-16-37)20-36-13-10-26(11-14-36)40-22-25(34)19-35-40/h2-7,18-19,22,24,26H,8-17,20-21,34H2,1H3. The Bertz CT molecular complexity index is 1430. The number of hydrogen-bond donors (Lipinski definition) is 1. The minimum Gasteiger partial charge on any atom is -0.497 e. The molecule has 3 fully saturated rings. The van der Waals surface area contributed by atoms with Crippen LogP contribution in [0.25, 0.3) is 0 Å². The minimum absolute atomic E-state index is 0.180. The third-order valence-corrected chi connectivity index (χ3v) is 9.39. The van der Waals surface area contributed by atoms with Gasteiger partial charge in [0.1, 0.15) is 5.75 Å². The predicted octanol–water partition coefficient (Wildman–Crippen LogP) is 5.04. The van der Waals surface area contributed by atoms with Crippen LogP contribution in [0.3, 0.4) is 0 Å². The Morgan fingerprint density at radius 2 is 1.72 bits per heavy atom. The van der Waals surface area contributed by atoms with Crippen molar-refractivity contribution in [3.63, 3.8) is 0 Å². The number of methoxy groups -OCH3 is 1. The molecule has 2 aromatic carbocycles. The van der Waals surface area contributed by atoms with E-state index in [2.05, 4.69) is 14.9 Å². The molecule has 3 aliphatic rings. The van der Waals surface area contributed by atoms with Crippen molar-refractivity contribution in [3.05, 3.63) is 65.4 Å². The summed E-state index contributed by atoms with van der Waals surface area (Å²) in [4.78, 5) is 34.0. The number of likely N-dealkylation sites (tertiary alicyclic amines) is 1. The van der Waals surface area contributed by atoms with Gasteiger partial charge in [-0.1, -0.05) is 23.7 Å². The Balaban J connectivity index is 1.02. The summed E-state index contributed by atoms with van der Waals surface area (Å²) in [6.45, 7) is 5.82. The number of ether oxygens (including phenoxy) is 1. The molecule has 0 radical (unpaired) electrons. The zero-order chi connectivity index (χ0) is 29.9. The molecule has 11 heteroatoms. The van der Waals surface area contributed by atoms with Crippen LogP contribution in [-0.4, -0.2) is 77.9 Å². The Hall–Kier alpha value is -3.76. The van der Waals surface area contributed by atoms with Gasteiger partial charge in [-0.2, -0.15) is 5.10 Å². The van der Waals surface area contributed by atoms with Crippen LogP contribution in [0.5, 0.6) is 5.75 Å². The molecule has 3 amide bonds. The maximum Gasteiger partial charge on any atom is 0.331 e. The van der Waals surface area contributed by atoms with E-state index in [4.69, 9.17) is 22.1 Å². The summed E-state index contributed by atoms with van der Waals surface area (Å²) < 4.78 is 7.24. The molecular weight excluding hydrogens is 566 g/mol. The van der Waals surface area contributed by atoms with E-state index in [1.54, 1.807) is 18.2 Å². The molecule has 3 saturated heterocycles. The first-order valence-corrected chi connectivity index (χ1v) is 15.6. The summed E-state index contributed by atoms with van der Waals surface area (Å²) in [7, 11) is 1.61. The fourth-order valence-corrected chi connectivity index (χ4v) is 6.83. The Morgan fingerprint density at radius 3 is 2.37 bits per heavy atom. The number of halogens is 1. The Labute approximate surface area is 257 Å². The highest BCUT2D eigenvalue weighted by molar-refractivity contribution is 6.34. The number of rotatable bonds is 8. The van der Waals surface area contributed by atoms with Crippen molar-refractivity contribution in [1.82, 2.24) is 19.6 Å². The number of nitrogen functional groups attached to an aromatic ring is 1. The van der Waals surface area contributed by atoms with Crippen molar-refractivity contribution in [1.29, 1.82) is 0 Å². The lowest BCUT2D eigenvalue weighted by molar-refractivity contribution is -0.129. The SMILES string of the molecule is COc1ccc(CN2C(=O)CCN(c3ccc(N4CCC(CN5CCC(n6cc(N)cn6)CC5)CC4)cc3Cl)C2=O)cc1. The number of anilines is 3. The number of nitrogens with two attached hydrogens (primary N) is 1. The van der Waals surface area contributed by atoms with E-state index >= 15 is 0 Å². The number of carbonyl (C=O) groups is 2. The van der Waals surface area contributed by atoms with Gasteiger partial charge in [0.2, 0.25) is 5.91 Å². The van der Waals surface area contributed by atoms with Crippen LogP contribution in [0.4, 0.5) is 21.9 Å². The van der Waals surface area contributed by atoms with E-state index in [9.17, 15) is 9.59 Å². The molecule has 6 rings (SSSR count). The molecule has 1 aromatic heterocycles. The van der Waals surface area contributed by atoms with Crippen LogP contribution in [-0.2, 0) is 11.3 Å². The Kier molecular flexibility index (Phi) is 8.76. The largest absolute Gasteiger partial charge is 0.497 e. The second kappa shape index (κ2) is 12.9. The minimum atomic E-state index is -0.347. The van der Waals surface area contributed by atoms with Crippen LogP contribution in [0, 0.1) is 5.92 Å². The molecule has 228 valence electrons. The number of aromatic nitrogens is 2. The Morgan fingerprint density at radius 1 is 0.977 bits per heavy atom. The van der Waals surface area contributed by atoms with E-state index in [0.29, 0.717) is 29.2 Å². The van der Waals surface area contributed by atoms with Gasteiger partial charge in [-0.3, -0.25) is 19.3 Å². The highest BCUT2D eigenvalue weighted by Gasteiger charge is 2.34. The molecule has 2 N–H and O–H groups in total. The van der Waals surface area contributed by atoms with Crippen LogP contribution in [0.15, 0.2) is 54.9 Å². The van der Waals surface area contributed by atoms with Crippen LogP contribution >= 0.6 is 11.6 Å². The van der Waals surface area contributed by atoms with E-state index in [1.165, 1.54) is 4.90 Å². The van der Waals surface area contributed by atoms with Gasteiger partial charge in [0.05, 0.1) is 42.3 Å². The van der Waals surface area contributed by atoms with Crippen molar-refractivity contribution in [3.8, 4) is 5.75 Å². The maximum atomic E-state index is 13.4. The number of imide groups is 1. The zero-order valence-electron chi connectivity index (χ0n) is 24.7. The number of hydrogen-bond acceptors (Lipinski definition) is 7. The lowest BCUT2D eigenvalue weighted by atomic mass is 9.94. The second-order valence-electron chi connectivity index (χ2n) is 11.9. The summed E-state index contributed by atoms with van der Waals surface area (Å²) in [6, 6.07) is 13.4. The van der Waals surface area contributed by atoms with Crippen LogP contribution in [0.1, 0.15) is 43.7 Å². The normalized spacial score (nSPS) is 19.3. The number of piperidine rings is 2. The van der Waals surface area contributed by atoms with Gasteiger partial charge >= 0.3 is 6.03 Å². The molecule has 0 spiro atoms. The first-order chi connectivity index (χ1) is 20.9. The smallest absolute Gasteiger partial charge is 0.331 e. The number of carbonyl (C=O) groups excluding carboxylic acids is 2. The van der Waals surface area contributed by atoms with Crippen molar-refractivity contribution in [2.45, 2.75) is 44.7 Å². The van der Waals surface area contributed by atoms with E-state index in [0.717, 1.165) is 81.1 Å². The van der Waals surface area contributed by atoms with Gasteiger partial charge in [0, 0.05) is 57.6 Å². The molecule has 0 bridgehead atoms. The van der Waals surface area contributed by atoms with Gasteiger partial charge in [0.25, 0.3) is 0 Å². The van der Waals surface area contributed by atoms with Crippen molar-refractivity contribution in [2.75, 3.05) is 61.9 Å². The van der Waals surface area contributed by atoms with Crippen molar-refractivity contribution in [2.24, 2.45) is 5.92 Å². The number of amides is 3. The van der Waals surface area contributed by atoms with Crippen molar-refractivity contribution < 1.29 is 14.3 Å². The van der Waals surface area contributed by atoms with Gasteiger partial charge in [-0.05, 0) is 67.5 Å². The third-order valence-electron chi connectivity index (χ3n) is 9.08. The van der Waals surface area contributed by atoms with Gasteiger partial charge in [-0.15, -0.1) is 0 Å². The topological polar surface area (TPSA) is 100 Å². The molecule has 43 heavy (non-hydrogen) atoms. The van der Waals surface area contributed by atoms with Gasteiger partial charge in [-0.25, -0.2) is 4.79 Å². The molecule has 4 heterocycles. The number of benzene rings is 2. The first-order valence-electron chi connectivity index (χ1n) is 15.2. The maximum absolute atomic E-state index is 13.4. The highest BCUT2D eigenvalue weighted by Crippen LogP contribution is 2.35. The first kappa shape index (κ1) is 29.3. The molecule has 3 aromatic rings. The molecule has 3 aliphatic heterocycles. The van der Waals surface area contributed by atoms with E-state index < -0.39 is 0 Å². The fourth-order valence-electron chi connectivity index (χ4n) is 6.55. The summed E-state index contributed by atoms with van der Waals surface area (Å²) in [5.74, 6) is 1.23. The molecule has 0 aliphatic carbocycles. The fraction of sp³-hybridized carbons (Fsp3) is 0.469. The van der Waals surface area contributed by atoms with Crippen molar-refractivity contribution >= 4 is 40.6 Å². The molecule has 10 nitrogen and oxygen atoms in total. The van der Waals surface area contributed by atoms with Gasteiger partial charge < -0.3 is 20.3 Å². The second-order valence-corrected chi connectivity index (χ2v) is 12.3. The average molecular weight is 606 g/mol. The summed E-state index contributed by atoms with van der Waals surface area (Å²) in [6.07, 6.45) is 8.43. The summed E-state index contributed by atoms with van der Waals surface area (Å²) in [5, 5.41) is 4.93. The van der Waals surface area contributed by atoms with E-state index in [1.807, 2.05) is 53.3 Å². The summed E-state index contributed by atoms with van der Waals surface area (Å²) in [5.41, 5.74) is 9.15. The molecular formula is C32H40ClN7O3. The number of urea groups is 1. The molecule has 0 saturated carbocycles. The average Bonchev–Trinajstić information content (AvgIpc) is 3.47. The zero-order valence-corrected chi connectivity index (χ0v) is 25.5. The monoisotopic (exact) mass is 605 g/mol. The number of nitrogens with zero attached hydrogens (tertiary/aromatic N) is 6. The highest BCUT2D eigenvalue weighted by atomic mass is 35.5. The van der Waals surface area contributed by atoms with Crippen LogP contribution < -0.4 is 20.3 Å². The molecule has 0 atom stereocenters. The third kappa shape index (κ3) is 6.60. The van der Waals surface area contributed by atoms with Crippen LogP contribution in [0.2, 0.25) is 5.02 Å². The quantitative estimate of drug-likeness (QED) is 0.384.